The molecule has 17 heavy (non-hydrogen) atoms. The lowest BCUT2D eigenvalue weighted by molar-refractivity contribution is 1.12. The van der Waals surface area contributed by atoms with E-state index < -0.39 is 0 Å². The summed E-state index contributed by atoms with van der Waals surface area (Å²) in [6, 6.07) is 4.21. The monoisotopic (exact) mass is 374 g/mol. The fourth-order valence-electron chi connectivity index (χ4n) is 1.53. The van der Waals surface area contributed by atoms with Gasteiger partial charge in [0.15, 0.2) is 0 Å². The summed E-state index contributed by atoms with van der Waals surface area (Å²) in [5, 5.41) is 3.43. The first kappa shape index (κ1) is 13.1. The van der Waals surface area contributed by atoms with Gasteiger partial charge in [0, 0.05) is 13.8 Å². The fourth-order valence-corrected chi connectivity index (χ4v) is 3.95. The van der Waals surface area contributed by atoms with Gasteiger partial charge in [-0.3, -0.25) is 0 Å². The Morgan fingerprint density at radius 1 is 1.24 bits per heavy atom. The lowest BCUT2D eigenvalue weighted by Crippen LogP contribution is -2.01. The summed E-state index contributed by atoms with van der Waals surface area (Å²) in [6.45, 7) is 4.91. The Hall–Kier alpha value is -0.390. The van der Waals surface area contributed by atoms with Crippen LogP contribution in [0.25, 0.3) is 0 Å². The van der Waals surface area contributed by atoms with Gasteiger partial charge in [0.05, 0.1) is 23.4 Å². The lowest BCUT2D eigenvalue weighted by atomic mass is 10.2. The molecule has 0 aliphatic rings. The minimum atomic E-state index is 0.802. The summed E-state index contributed by atoms with van der Waals surface area (Å²) in [7, 11) is 0. The van der Waals surface area contributed by atoms with Crippen LogP contribution in [-0.2, 0) is 6.54 Å². The van der Waals surface area contributed by atoms with Gasteiger partial charge < -0.3 is 5.32 Å². The normalized spacial score (nSPS) is 10.6. The van der Waals surface area contributed by atoms with E-state index in [2.05, 4.69) is 61.2 Å². The highest BCUT2D eigenvalue weighted by Gasteiger charge is 2.07. The Morgan fingerprint density at radius 2 is 1.88 bits per heavy atom. The molecule has 1 aromatic heterocycles. The minimum Gasteiger partial charge on any atom is -0.378 e. The summed E-state index contributed by atoms with van der Waals surface area (Å²) in [4.78, 5) is 5.51. The molecule has 90 valence electrons. The van der Waals surface area contributed by atoms with Crippen molar-refractivity contribution >= 4 is 48.9 Å². The maximum atomic E-state index is 4.24. The molecule has 0 radical (unpaired) electrons. The van der Waals surface area contributed by atoms with Crippen molar-refractivity contribution in [3.63, 3.8) is 0 Å². The average Bonchev–Trinajstić information content (AvgIpc) is 2.62. The topological polar surface area (TPSA) is 24.9 Å². The fraction of sp³-hybridized carbons (Fsp3) is 0.250. The summed E-state index contributed by atoms with van der Waals surface area (Å²) in [6.07, 6.45) is 0. The van der Waals surface area contributed by atoms with E-state index in [0.717, 1.165) is 26.9 Å². The first-order chi connectivity index (χ1) is 8.08. The Balaban J connectivity index is 2.17. The Labute approximate surface area is 122 Å². The summed E-state index contributed by atoms with van der Waals surface area (Å²) < 4.78 is 2.15. The Bertz CT molecular complexity index is 514. The molecule has 2 nitrogen and oxygen atoms in total. The molecule has 0 spiro atoms. The number of benzene rings is 1. The average molecular weight is 376 g/mol. The number of hydrogen-bond donors (Lipinski definition) is 1. The Morgan fingerprint density at radius 3 is 2.41 bits per heavy atom. The van der Waals surface area contributed by atoms with Crippen LogP contribution in [0.4, 0.5) is 5.69 Å². The van der Waals surface area contributed by atoms with Crippen LogP contribution in [0.5, 0.6) is 0 Å². The SMILES string of the molecule is Cc1cc(Br)c(NCc2scnc2C)c(Br)c1. The molecule has 0 fully saturated rings. The Kier molecular flexibility index (Phi) is 4.22. The zero-order valence-corrected chi connectivity index (χ0v) is 13.5. The van der Waals surface area contributed by atoms with Gasteiger partial charge in [0.2, 0.25) is 0 Å². The van der Waals surface area contributed by atoms with Crippen molar-refractivity contribution in [1.29, 1.82) is 0 Å². The van der Waals surface area contributed by atoms with Crippen LogP contribution < -0.4 is 5.32 Å². The third-order valence-electron chi connectivity index (χ3n) is 2.46. The van der Waals surface area contributed by atoms with Gasteiger partial charge in [0.25, 0.3) is 0 Å². The van der Waals surface area contributed by atoms with Crippen LogP contribution in [0.15, 0.2) is 26.6 Å². The zero-order chi connectivity index (χ0) is 12.4. The van der Waals surface area contributed by atoms with Gasteiger partial charge >= 0.3 is 0 Å². The van der Waals surface area contributed by atoms with E-state index in [1.165, 1.54) is 10.4 Å². The maximum absolute atomic E-state index is 4.24. The molecule has 2 aromatic rings. The number of nitrogens with one attached hydrogen (secondary N) is 1. The molecule has 0 atom stereocenters. The molecule has 0 aliphatic heterocycles. The molecule has 0 saturated carbocycles. The first-order valence-electron chi connectivity index (χ1n) is 5.16. The predicted molar refractivity (Wildman–Crippen MR) is 80.8 cm³/mol. The van der Waals surface area contributed by atoms with Crippen molar-refractivity contribution in [1.82, 2.24) is 4.98 Å². The number of aromatic nitrogens is 1. The van der Waals surface area contributed by atoms with Crippen LogP contribution in [-0.4, -0.2) is 4.98 Å². The lowest BCUT2D eigenvalue weighted by Gasteiger charge is -2.11. The van der Waals surface area contributed by atoms with Crippen molar-refractivity contribution < 1.29 is 0 Å². The molecular weight excluding hydrogens is 364 g/mol. The molecule has 1 heterocycles. The number of hydrogen-bond acceptors (Lipinski definition) is 3. The largest absolute Gasteiger partial charge is 0.378 e. The molecular formula is C12H12Br2N2S. The van der Waals surface area contributed by atoms with Gasteiger partial charge in [-0.25, -0.2) is 4.98 Å². The smallest absolute Gasteiger partial charge is 0.0798 e. The van der Waals surface area contributed by atoms with Gasteiger partial charge in [-0.15, -0.1) is 11.3 Å². The van der Waals surface area contributed by atoms with Crippen LogP contribution in [0.1, 0.15) is 16.1 Å². The van der Waals surface area contributed by atoms with Gasteiger partial charge in [-0.05, 0) is 63.4 Å². The number of nitrogens with zero attached hydrogens (tertiary/aromatic N) is 1. The van der Waals surface area contributed by atoms with Crippen LogP contribution >= 0.6 is 43.2 Å². The highest BCUT2D eigenvalue weighted by atomic mass is 79.9. The highest BCUT2D eigenvalue weighted by Crippen LogP contribution is 2.32. The van der Waals surface area contributed by atoms with Crippen LogP contribution in [0.2, 0.25) is 0 Å². The van der Waals surface area contributed by atoms with E-state index in [4.69, 9.17) is 0 Å². The van der Waals surface area contributed by atoms with Gasteiger partial charge in [-0.1, -0.05) is 0 Å². The molecule has 1 aromatic carbocycles. The van der Waals surface area contributed by atoms with E-state index in [1.54, 1.807) is 11.3 Å². The third kappa shape index (κ3) is 3.09. The minimum absolute atomic E-state index is 0.802. The van der Waals surface area contributed by atoms with Crippen molar-refractivity contribution in [3.05, 3.63) is 42.7 Å². The van der Waals surface area contributed by atoms with E-state index in [1.807, 2.05) is 12.4 Å². The molecule has 0 amide bonds. The second kappa shape index (κ2) is 5.50. The molecule has 0 unspecified atom stereocenters. The second-order valence-corrected chi connectivity index (χ2v) is 6.47. The molecule has 2 rings (SSSR count). The van der Waals surface area contributed by atoms with Gasteiger partial charge in [-0.2, -0.15) is 0 Å². The number of rotatable bonds is 3. The first-order valence-corrected chi connectivity index (χ1v) is 7.63. The second-order valence-electron chi connectivity index (χ2n) is 3.82. The van der Waals surface area contributed by atoms with Crippen molar-refractivity contribution in [2.45, 2.75) is 20.4 Å². The summed E-state index contributed by atoms with van der Waals surface area (Å²) in [5.74, 6) is 0. The zero-order valence-electron chi connectivity index (χ0n) is 9.55. The molecule has 1 N–H and O–H groups in total. The number of thiazole rings is 1. The number of aryl methyl sites for hydroxylation is 2. The van der Waals surface area contributed by atoms with Crippen LogP contribution in [0, 0.1) is 13.8 Å². The highest BCUT2D eigenvalue weighted by molar-refractivity contribution is 9.11. The maximum Gasteiger partial charge on any atom is 0.0798 e. The van der Waals surface area contributed by atoms with Gasteiger partial charge in [0.1, 0.15) is 0 Å². The summed E-state index contributed by atoms with van der Waals surface area (Å²) in [5.41, 5.74) is 5.29. The van der Waals surface area contributed by atoms with Crippen LogP contribution in [0.3, 0.4) is 0 Å². The van der Waals surface area contributed by atoms with Crippen molar-refractivity contribution in [2.24, 2.45) is 0 Å². The molecule has 5 heteroatoms. The van der Waals surface area contributed by atoms with Crippen molar-refractivity contribution in [3.8, 4) is 0 Å². The van der Waals surface area contributed by atoms with E-state index in [9.17, 15) is 0 Å². The number of anilines is 1. The molecule has 0 aliphatic carbocycles. The standard InChI is InChI=1S/C12H12Br2N2S/c1-7-3-9(13)12(10(14)4-7)15-5-11-8(2)16-6-17-11/h3-4,6,15H,5H2,1-2H3. The quantitative estimate of drug-likeness (QED) is 0.825. The van der Waals surface area contributed by atoms with Crippen molar-refractivity contribution in [2.75, 3.05) is 5.32 Å². The summed E-state index contributed by atoms with van der Waals surface area (Å²) >= 11 is 8.83. The van der Waals surface area contributed by atoms with E-state index >= 15 is 0 Å². The molecule has 0 saturated heterocycles. The van der Waals surface area contributed by atoms with E-state index in [-0.39, 0.29) is 0 Å². The van der Waals surface area contributed by atoms with E-state index in [0.29, 0.717) is 0 Å². The number of halogens is 2. The predicted octanol–water partition coefficient (Wildman–Crippen LogP) is 4.90. The molecule has 0 bridgehead atoms. The third-order valence-corrected chi connectivity index (χ3v) is 4.64.